The zero-order valence-electron chi connectivity index (χ0n) is 10.4. The van der Waals surface area contributed by atoms with Crippen molar-refractivity contribution in [3.63, 3.8) is 0 Å². The van der Waals surface area contributed by atoms with E-state index in [4.69, 9.17) is 0 Å². The molecule has 96 valence electrons. The molecular formula is C14H20F2O. The molecule has 0 aliphatic carbocycles. The molecule has 0 aliphatic rings. The van der Waals surface area contributed by atoms with Gasteiger partial charge in [0.25, 0.3) is 0 Å². The van der Waals surface area contributed by atoms with Gasteiger partial charge in [-0.3, -0.25) is 0 Å². The first-order valence-electron chi connectivity index (χ1n) is 6.11. The summed E-state index contributed by atoms with van der Waals surface area (Å²) in [5.74, 6) is -1.06. The van der Waals surface area contributed by atoms with Gasteiger partial charge < -0.3 is 5.11 Å². The SMILES string of the molecule is CC(C)CCCC(O)Cc1ccc(F)c(F)c1. The van der Waals surface area contributed by atoms with Gasteiger partial charge in [-0.2, -0.15) is 0 Å². The van der Waals surface area contributed by atoms with Gasteiger partial charge >= 0.3 is 0 Å². The third-order valence-electron chi connectivity index (χ3n) is 2.77. The largest absolute Gasteiger partial charge is 0.393 e. The highest BCUT2D eigenvalue weighted by atomic mass is 19.2. The standard InChI is InChI=1S/C14H20F2O/c1-10(2)4-3-5-12(17)8-11-6-7-13(15)14(16)9-11/h6-7,9-10,12,17H,3-5,8H2,1-2H3. The van der Waals surface area contributed by atoms with Crippen molar-refractivity contribution in [3.05, 3.63) is 35.4 Å². The lowest BCUT2D eigenvalue weighted by Crippen LogP contribution is -2.11. The van der Waals surface area contributed by atoms with Crippen LogP contribution in [0.25, 0.3) is 0 Å². The number of hydrogen-bond donors (Lipinski definition) is 1. The lowest BCUT2D eigenvalue weighted by atomic mass is 10.00. The van der Waals surface area contributed by atoms with Crippen LogP contribution in [0.2, 0.25) is 0 Å². The molecule has 1 unspecified atom stereocenters. The van der Waals surface area contributed by atoms with E-state index in [1.54, 1.807) is 0 Å². The van der Waals surface area contributed by atoms with Gasteiger partial charge in [-0.25, -0.2) is 8.78 Å². The molecule has 0 spiro atoms. The van der Waals surface area contributed by atoms with Crippen molar-refractivity contribution in [3.8, 4) is 0 Å². The minimum absolute atomic E-state index is 0.384. The zero-order valence-corrected chi connectivity index (χ0v) is 10.4. The second-order valence-corrected chi connectivity index (χ2v) is 4.93. The molecular weight excluding hydrogens is 222 g/mol. The number of benzene rings is 1. The Kier molecular flexibility index (Phi) is 5.56. The van der Waals surface area contributed by atoms with Crippen molar-refractivity contribution in [2.24, 2.45) is 5.92 Å². The highest BCUT2D eigenvalue weighted by Crippen LogP contribution is 2.14. The van der Waals surface area contributed by atoms with Crippen LogP contribution in [0, 0.1) is 17.6 Å². The molecule has 0 aromatic heterocycles. The molecule has 1 N–H and O–H groups in total. The topological polar surface area (TPSA) is 20.2 Å². The third-order valence-corrected chi connectivity index (χ3v) is 2.77. The maximum atomic E-state index is 12.9. The van der Waals surface area contributed by atoms with E-state index in [1.807, 2.05) is 0 Å². The molecule has 0 saturated carbocycles. The molecule has 1 aromatic rings. The molecule has 0 fully saturated rings. The van der Waals surface area contributed by atoms with E-state index in [1.165, 1.54) is 6.07 Å². The summed E-state index contributed by atoms with van der Waals surface area (Å²) in [5.41, 5.74) is 0.640. The summed E-state index contributed by atoms with van der Waals surface area (Å²) in [6, 6.07) is 3.77. The van der Waals surface area contributed by atoms with Gasteiger partial charge in [0.2, 0.25) is 0 Å². The van der Waals surface area contributed by atoms with Crippen molar-refractivity contribution in [1.82, 2.24) is 0 Å². The summed E-state index contributed by atoms with van der Waals surface area (Å²) in [4.78, 5) is 0. The fourth-order valence-corrected chi connectivity index (χ4v) is 1.80. The van der Waals surface area contributed by atoms with Crippen LogP contribution in [-0.2, 0) is 6.42 Å². The summed E-state index contributed by atoms with van der Waals surface area (Å²) >= 11 is 0. The van der Waals surface area contributed by atoms with Gasteiger partial charge in [-0.1, -0.05) is 32.8 Å². The maximum Gasteiger partial charge on any atom is 0.159 e. The molecule has 17 heavy (non-hydrogen) atoms. The van der Waals surface area contributed by atoms with Crippen LogP contribution in [0.3, 0.4) is 0 Å². The van der Waals surface area contributed by atoms with E-state index in [2.05, 4.69) is 13.8 Å². The summed E-state index contributed by atoms with van der Waals surface area (Å²) < 4.78 is 25.6. The van der Waals surface area contributed by atoms with E-state index in [0.717, 1.165) is 25.0 Å². The van der Waals surface area contributed by atoms with Gasteiger partial charge in [0.1, 0.15) is 0 Å². The van der Waals surface area contributed by atoms with Gasteiger partial charge in [-0.15, -0.1) is 0 Å². The number of aliphatic hydroxyl groups is 1. The van der Waals surface area contributed by atoms with Crippen LogP contribution in [0.1, 0.15) is 38.7 Å². The fourth-order valence-electron chi connectivity index (χ4n) is 1.80. The van der Waals surface area contributed by atoms with Crippen LogP contribution in [0.5, 0.6) is 0 Å². The van der Waals surface area contributed by atoms with Crippen molar-refractivity contribution >= 4 is 0 Å². The van der Waals surface area contributed by atoms with E-state index in [-0.39, 0.29) is 0 Å². The molecule has 0 amide bonds. The van der Waals surface area contributed by atoms with E-state index in [9.17, 15) is 13.9 Å². The lowest BCUT2D eigenvalue weighted by molar-refractivity contribution is 0.159. The lowest BCUT2D eigenvalue weighted by Gasteiger charge is -2.11. The zero-order chi connectivity index (χ0) is 12.8. The minimum atomic E-state index is -0.850. The van der Waals surface area contributed by atoms with Gasteiger partial charge in [-0.05, 0) is 36.5 Å². The van der Waals surface area contributed by atoms with E-state index >= 15 is 0 Å². The molecule has 0 aliphatic heterocycles. The number of hydrogen-bond acceptors (Lipinski definition) is 1. The van der Waals surface area contributed by atoms with Crippen LogP contribution in [0.15, 0.2) is 18.2 Å². The average Bonchev–Trinajstić information content (AvgIpc) is 2.23. The first-order chi connectivity index (χ1) is 7.99. The quantitative estimate of drug-likeness (QED) is 0.806. The van der Waals surface area contributed by atoms with Crippen LogP contribution >= 0.6 is 0 Å². The molecule has 1 atom stereocenters. The Labute approximate surface area is 101 Å². The first-order valence-corrected chi connectivity index (χ1v) is 6.11. The highest BCUT2D eigenvalue weighted by Gasteiger charge is 2.08. The molecule has 1 rings (SSSR count). The number of halogens is 2. The third kappa shape index (κ3) is 5.26. The van der Waals surface area contributed by atoms with Gasteiger partial charge in [0.05, 0.1) is 6.10 Å². The van der Waals surface area contributed by atoms with Crippen molar-refractivity contribution < 1.29 is 13.9 Å². The Morgan fingerprint density at radius 3 is 2.41 bits per heavy atom. The molecule has 0 bridgehead atoms. The van der Waals surface area contributed by atoms with Crippen molar-refractivity contribution in [1.29, 1.82) is 0 Å². The van der Waals surface area contributed by atoms with Gasteiger partial charge in [0, 0.05) is 0 Å². The smallest absolute Gasteiger partial charge is 0.159 e. The Hall–Kier alpha value is -0.960. The summed E-state index contributed by atoms with van der Waals surface area (Å²) in [6.07, 6.45) is 2.66. The van der Waals surface area contributed by atoms with E-state index in [0.29, 0.717) is 24.3 Å². The Bertz CT molecular complexity index is 350. The number of aliphatic hydroxyl groups excluding tert-OH is 1. The average molecular weight is 242 g/mol. The second kappa shape index (κ2) is 6.70. The highest BCUT2D eigenvalue weighted by molar-refractivity contribution is 5.18. The predicted octanol–water partition coefficient (Wildman–Crippen LogP) is 3.69. The normalized spacial score (nSPS) is 13.1. The van der Waals surface area contributed by atoms with Gasteiger partial charge in [0.15, 0.2) is 11.6 Å². The molecule has 0 radical (unpaired) electrons. The Balaban J connectivity index is 2.39. The molecule has 0 heterocycles. The monoisotopic (exact) mass is 242 g/mol. The molecule has 1 aromatic carbocycles. The van der Waals surface area contributed by atoms with Crippen LogP contribution in [0.4, 0.5) is 8.78 Å². The van der Waals surface area contributed by atoms with E-state index < -0.39 is 17.7 Å². The number of rotatable bonds is 6. The Morgan fingerprint density at radius 1 is 1.12 bits per heavy atom. The van der Waals surface area contributed by atoms with Crippen LogP contribution in [-0.4, -0.2) is 11.2 Å². The predicted molar refractivity (Wildman–Crippen MR) is 64.8 cm³/mol. The second-order valence-electron chi connectivity index (χ2n) is 4.93. The molecule has 1 nitrogen and oxygen atoms in total. The van der Waals surface area contributed by atoms with Crippen LogP contribution < -0.4 is 0 Å². The summed E-state index contributed by atoms with van der Waals surface area (Å²) in [7, 11) is 0. The van der Waals surface area contributed by atoms with Crippen molar-refractivity contribution in [2.75, 3.05) is 0 Å². The minimum Gasteiger partial charge on any atom is -0.393 e. The summed E-state index contributed by atoms with van der Waals surface area (Å²) in [6.45, 7) is 4.28. The maximum absolute atomic E-state index is 12.9. The summed E-state index contributed by atoms with van der Waals surface area (Å²) in [5, 5.41) is 9.76. The molecule has 3 heteroatoms. The molecule has 0 saturated heterocycles. The Morgan fingerprint density at radius 2 is 1.82 bits per heavy atom. The fraction of sp³-hybridized carbons (Fsp3) is 0.571. The first kappa shape index (κ1) is 14.1. The van der Waals surface area contributed by atoms with Crippen molar-refractivity contribution in [2.45, 2.75) is 45.6 Å².